The predicted molar refractivity (Wildman–Crippen MR) is 111 cm³/mol. The maximum atomic E-state index is 13.6. The molecule has 0 aliphatic rings. The number of aliphatic carboxylic acids is 1. The SMILES string of the molecule is COc1ncc(-c2nsc(C(F)(F)F)c2COc2ccc(CCC(=O)O)c(C)c2C)s1. The van der Waals surface area contributed by atoms with Crippen molar-refractivity contribution in [1.29, 1.82) is 0 Å². The molecule has 166 valence electrons. The largest absolute Gasteiger partial charge is 0.488 e. The zero-order chi connectivity index (χ0) is 22.8. The number of carbonyl (C=O) groups is 1. The predicted octanol–water partition coefficient (Wildman–Crippen LogP) is 5.51. The summed E-state index contributed by atoms with van der Waals surface area (Å²) in [5.74, 6) is -0.460. The van der Waals surface area contributed by atoms with Gasteiger partial charge in [0.1, 0.15) is 22.9 Å². The van der Waals surface area contributed by atoms with Crippen molar-refractivity contribution in [2.75, 3.05) is 7.11 Å². The molecular formula is C20H19F3N2O4S2. The Labute approximate surface area is 184 Å². The minimum atomic E-state index is -4.56. The Kier molecular flexibility index (Phi) is 6.85. The summed E-state index contributed by atoms with van der Waals surface area (Å²) in [6.07, 6.45) is -2.77. The molecular weight excluding hydrogens is 453 g/mol. The lowest BCUT2D eigenvalue weighted by Crippen LogP contribution is -2.09. The van der Waals surface area contributed by atoms with E-state index in [-0.39, 0.29) is 24.3 Å². The van der Waals surface area contributed by atoms with Gasteiger partial charge in [0.25, 0.3) is 5.19 Å². The number of aryl methyl sites for hydroxylation is 1. The third kappa shape index (κ3) is 5.16. The number of rotatable bonds is 8. The van der Waals surface area contributed by atoms with Crippen LogP contribution in [-0.4, -0.2) is 27.5 Å². The molecule has 31 heavy (non-hydrogen) atoms. The number of halogens is 3. The standard InChI is InChI=1S/C20H19F3N2O4S2/c1-10-11(2)14(6-4-12(10)5-7-16(26)27)29-9-13-17(15-8-24-19(28-3)30-15)25-31-18(13)20(21,22)23/h4,6,8H,5,7,9H2,1-3H3,(H,26,27). The highest BCUT2D eigenvalue weighted by Gasteiger charge is 2.38. The van der Waals surface area contributed by atoms with Crippen LogP contribution in [0.2, 0.25) is 0 Å². The first-order chi connectivity index (χ1) is 14.6. The number of nitrogens with zero attached hydrogens (tertiary/aromatic N) is 2. The van der Waals surface area contributed by atoms with Crippen LogP contribution in [0.4, 0.5) is 13.2 Å². The minimum Gasteiger partial charge on any atom is -0.488 e. The van der Waals surface area contributed by atoms with Crippen LogP contribution >= 0.6 is 22.9 Å². The Balaban J connectivity index is 1.89. The third-order valence-corrected chi connectivity index (χ3v) is 6.67. The van der Waals surface area contributed by atoms with Crippen molar-refractivity contribution >= 4 is 28.8 Å². The number of methoxy groups -OCH3 is 1. The van der Waals surface area contributed by atoms with Gasteiger partial charge >= 0.3 is 12.1 Å². The van der Waals surface area contributed by atoms with E-state index < -0.39 is 17.0 Å². The van der Waals surface area contributed by atoms with E-state index in [1.165, 1.54) is 13.3 Å². The number of benzene rings is 1. The van der Waals surface area contributed by atoms with Gasteiger partial charge in [-0.3, -0.25) is 4.79 Å². The van der Waals surface area contributed by atoms with E-state index in [2.05, 4.69) is 9.36 Å². The van der Waals surface area contributed by atoms with Crippen LogP contribution in [0.1, 0.15) is 33.6 Å². The van der Waals surface area contributed by atoms with E-state index in [0.717, 1.165) is 28.0 Å². The number of carboxylic acid groups (broad SMARTS) is 1. The lowest BCUT2D eigenvalue weighted by molar-refractivity contribution is -0.137. The molecule has 0 atom stereocenters. The molecule has 0 radical (unpaired) electrons. The number of ether oxygens (including phenoxy) is 2. The van der Waals surface area contributed by atoms with Gasteiger partial charge in [0, 0.05) is 12.0 Å². The lowest BCUT2D eigenvalue weighted by atomic mass is 9.99. The van der Waals surface area contributed by atoms with Crippen molar-refractivity contribution in [2.24, 2.45) is 0 Å². The maximum Gasteiger partial charge on any atom is 0.427 e. The van der Waals surface area contributed by atoms with Crippen molar-refractivity contribution in [3.05, 3.63) is 45.5 Å². The van der Waals surface area contributed by atoms with Crippen LogP contribution in [0.5, 0.6) is 10.9 Å². The Morgan fingerprint density at radius 2 is 1.97 bits per heavy atom. The molecule has 3 aromatic rings. The second-order valence-corrected chi connectivity index (χ2v) is 8.45. The van der Waals surface area contributed by atoms with Gasteiger partial charge in [0.05, 0.1) is 18.2 Å². The molecule has 0 fully saturated rings. The second-order valence-electron chi connectivity index (χ2n) is 6.69. The maximum absolute atomic E-state index is 13.6. The topological polar surface area (TPSA) is 81.5 Å². The van der Waals surface area contributed by atoms with Crippen LogP contribution in [0.25, 0.3) is 10.6 Å². The first kappa shape index (κ1) is 23.0. The molecule has 0 spiro atoms. The smallest absolute Gasteiger partial charge is 0.427 e. The van der Waals surface area contributed by atoms with E-state index in [4.69, 9.17) is 14.6 Å². The Morgan fingerprint density at radius 1 is 1.23 bits per heavy atom. The van der Waals surface area contributed by atoms with E-state index in [1.807, 2.05) is 6.92 Å². The molecule has 11 heteroatoms. The number of hydrogen-bond donors (Lipinski definition) is 1. The zero-order valence-corrected chi connectivity index (χ0v) is 18.5. The zero-order valence-electron chi connectivity index (χ0n) is 16.9. The number of thiazole rings is 1. The first-order valence-electron chi connectivity index (χ1n) is 9.11. The normalized spacial score (nSPS) is 11.5. The van der Waals surface area contributed by atoms with Crippen molar-refractivity contribution in [3.63, 3.8) is 0 Å². The van der Waals surface area contributed by atoms with E-state index in [9.17, 15) is 18.0 Å². The van der Waals surface area contributed by atoms with Crippen LogP contribution in [0.15, 0.2) is 18.3 Å². The molecule has 0 saturated heterocycles. The van der Waals surface area contributed by atoms with Crippen molar-refractivity contribution in [3.8, 4) is 21.5 Å². The molecule has 2 heterocycles. The molecule has 0 saturated carbocycles. The summed E-state index contributed by atoms with van der Waals surface area (Å²) < 4.78 is 55.5. The fourth-order valence-electron chi connectivity index (χ4n) is 2.99. The Hall–Kier alpha value is -2.66. The van der Waals surface area contributed by atoms with Crippen molar-refractivity contribution in [2.45, 2.75) is 39.5 Å². The lowest BCUT2D eigenvalue weighted by Gasteiger charge is -2.15. The van der Waals surface area contributed by atoms with E-state index >= 15 is 0 Å². The Bertz CT molecular complexity index is 1090. The summed E-state index contributed by atoms with van der Waals surface area (Å²) in [6, 6.07) is 3.40. The van der Waals surface area contributed by atoms with Gasteiger partial charge in [0.2, 0.25) is 0 Å². The van der Waals surface area contributed by atoms with Crippen molar-refractivity contribution in [1.82, 2.24) is 9.36 Å². The molecule has 1 N–H and O–H groups in total. The van der Waals surface area contributed by atoms with Gasteiger partial charge in [0.15, 0.2) is 0 Å². The van der Waals surface area contributed by atoms with Crippen LogP contribution < -0.4 is 9.47 Å². The highest BCUT2D eigenvalue weighted by Crippen LogP contribution is 2.42. The van der Waals surface area contributed by atoms with Gasteiger partial charge in [-0.1, -0.05) is 17.4 Å². The molecule has 1 aromatic carbocycles. The fraction of sp³-hybridized carbons (Fsp3) is 0.350. The molecule has 0 aliphatic heterocycles. The van der Waals surface area contributed by atoms with Gasteiger partial charge in [-0.2, -0.15) is 17.5 Å². The van der Waals surface area contributed by atoms with Crippen LogP contribution in [0.3, 0.4) is 0 Å². The quantitative estimate of drug-likeness (QED) is 0.466. The van der Waals surface area contributed by atoms with E-state index in [0.29, 0.717) is 33.8 Å². The van der Waals surface area contributed by atoms with Gasteiger partial charge in [-0.25, -0.2) is 4.98 Å². The molecule has 6 nitrogen and oxygen atoms in total. The summed E-state index contributed by atoms with van der Waals surface area (Å²) in [7, 11) is 1.43. The number of carboxylic acids is 1. The summed E-state index contributed by atoms with van der Waals surface area (Å²) >= 11 is 1.48. The number of hydrogen-bond acceptors (Lipinski definition) is 7. The molecule has 3 rings (SSSR count). The number of aromatic nitrogens is 2. The molecule has 0 unspecified atom stereocenters. The summed E-state index contributed by atoms with van der Waals surface area (Å²) in [4.78, 5) is 14.5. The summed E-state index contributed by atoms with van der Waals surface area (Å²) in [5, 5.41) is 9.20. The summed E-state index contributed by atoms with van der Waals surface area (Å²) in [6.45, 7) is 3.30. The van der Waals surface area contributed by atoms with E-state index in [1.54, 1.807) is 19.1 Å². The number of alkyl halides is 3. The highest BCUT2D eigenvalue weighted by molar-refractivity contribution is 7.17. The average Bonchev–Trinajstić information content (AvgIpc) is 3.34. The average molecular weight is 473 g/mol. The van der Waals surface area contributed by atoms with Crippen LogP contribution in [-0.2, 0) is 24.0 Å². The highest BCUT2D eigenvalue weighted by atomic mass is 32.1. The molecule has 0 bridgehead atoms. The van der Waals surface area contributed by atoms with Gasteiger partial charge in [-0.05, 0) is 54.6 Å². The van der Waals surface area contributed by atoms with Crippen molar-refractivity contribution < 1.29 is 32.5 Å². The fourth-order valence-corrected chi connectivity index (χ4v) is 4.56. The summed E-state index contributed by atoms with van der Waals surface area (Å²) in [5.41, 5.74) is 2.57. The molecule has 0 aliphatic carbocycles. The third-order valence-electron chi connectivity index (χ3n) is 4.77. The monoisotopic (exact) mass is 472 g/mol. The minimum absolute atomic E-state index is 0.00231. The second kappa shape index (κ2) is 9.23. The van der Waals surface area contributed by atoms with Crippen LogP contribution in [0, 0.1) is 13.8 Å². The molecule has 2 aromatic heterocycles. The Morgan fingerprint density at radius 3 is 2.58 bits per heavy atom. The first-order valence-corrected chi connectivity index (χ1v) is 10.7. The molecule has 0 amide bonds. The van der Waals surface area contributed by atoms with Gasteiger partial charge in [-0.15, -0.1) is 0 Å². The van der Waals surface area contributed by atoms with Gasteiger partial charge < -0.3 is 14.6 Å².